The maximum absolute atomic E-state index is 5.20. The zero-order valence-corrected chi connectivity index (χ0v) is 13.1. The molecule has 1 atom stereocenters. The van der Waals surface area contributed by atoms with Gasteiger partial charge in [-0.05, 0) is 39.1 Å². The van der Waals surface area contributed by atoms with Gasteiger partial charge in [-0.1, -0.05) is 6.92 Å². The Balaban J connectivity index is 2.58. The van der Waals surface area contributed by atoms with E-state index in [2.05, 4.69) is 44.1 Å². The number of thiophene rings is 1. The highest BCUT2D eigenvalue weighted by atomic mass is 32.1. The standard InChI is InChI=1S/C14H26N2OS/c1-6-15-8-14-7-13(12(3)18-14)9-16(4)11(2)10-17-5/h7,11,15H,6,8-10H2,1-5H3. The zero-order valence-electron chi connectivity index (χ0n) is 12.2. The van der Waals surface area contributed by atoms with Gasteiger partial charge in [-0.25, -0.2) is 0 Å². The molecule has 0 aromatic carbocycles. The van der Waals surface area contributed by atoms with E-state index in [4.69, 9.17) is 4.74 Å². The number of rotatable bonds is 8. The van der Waals surface area contributed by atoms with Crippen molar-refractivity contribution in [2.45, 2.75) is 39.9 Å². The van der Waals surface area contributed by atoms with Crippen LogP contribution in [0, 0.1) is 6.92 Å². The van der Waals surface area contributed by atoms with Crippen LogP contribution in [0.3, 0.4) is 0 Å². The van der Waals surface area contributed by atoms with Crippen LogP contribution in [0.2, 0.25) is 0 Å². The topological polar surface area (TPSA) is 24.5 Å². The van der Waals surface area contributed by atoms with Gasteiger partial charge in [0.1, 0.15) is 0 Å². The smallest absolute Gasteiger partial charge is 0.0615 e. The Morgan fingerprint density at radius 1 is 1.50 bits per heavy atom. The number of ether oxygens (including phenoxy) is 1. The molecule has 0 spiro atoms. The summed E-state index contributed by atoms with van der Waals surface area (Å²) in [5.41, 5.74) is 1.44. The van der Waals surface area contributed by atoms with Crippen molar-refractivity contribution >= 4 is 11.3 Å². The Morgan fingerprint density at radius 3 is 2.83 bits per heavy atom. The molecule has 0 amide bonds. The second-order valence-corrected chi connectivity index (χ2v) is 6.13. The maximum atomic E-state index is 5.20. The molecular weight excluding hydrogens is 244 g/mol. The third-order valence-corrected chi connectivity index (χ3v) is 4.29. The number of nitrogens with one attached hydrogen (secondary N) is 1. The molecule has 4 heteroatoms. The monoisotopic (exact) mass is 270 g/mol. The van der Waals surface area contributed by atoms with E-state index >= 15 is 0 Å². The summed E-state index contributed by atoms with van der Waals surface area (Å²) >= 11 is 1.90. The van der Waals surface area contributed by atoms with E-state index in [9.17, 15) is 0 Å². The van der Waals surface area contributed by atoms with Gasteiger partial charge < -0.3 is 10.1 Å². The van der Waals surface area contributed by atoms with Crippen molar-refractivity contribution in [1.82, 2.24) is 10.2 Å². The third kappa shape index (κ3) is 4.69. The van der Waals surface area contributed by atoms with Gasteiger partial charge in [-0.15, -0.1) is 11.3 Å². The minimum Gasteiger partial charge on any atom is -0.383 e. The van der Waals surface area contributed by atoms with Crippen LogP contribution in [0.25, 0.3) is 0 Å². The normalized spacial score (nSPS) is 13.2. The summed E-state index contributed by atoms with van der Waals surface area (Å²) in [6, 6.07) is 2.78. The van der Waals surface area contributed by atoms with Gasteiger partial charge in [0, 0.05) is 36.0 Å². The first-order valence-electron chi connectivity index (χ1n) is 6.56. The second-order valence-electron chi connectivity index (χ2n) is 4.79. The number of hydrogen-bond donors (Lipinski definition) is 1. The molecule has 0 bridgehead atoms. The van der Waals surface area contributed by atoms with E-state index in [0.29, 0.717) is 6.04 Å². The molecule has 0 aliphatic carbocycles. The minimum atomic E-state index is 0.450. The van der Waals surface area contributed by atoms with Gasteiger partial charge in [0.2, 0.25) is 0 Å². The average molecular weight is 270 g/mol. The fourth-order valence-electron chi connectivity index (χ4n) is 1.87. The van der Waals surface area contributed by atoms with Crippen molar-refractivity contribution in [2.75, 3.05) is 27.3 Å². The highest BCUT2D eigenvalue weighted by molar-refractivity contribution is 7.12. The third-order valence-electron chi connectivity index (χ3n) is 3.20. The van der Waals surface area contributed by atoms with Crippen molar-refractivity contribution in [3.63, 3.8) is 0 Å². The summed E-state index contributed by atoms with van der Waals surface area (Å²) in [6.07, 6.45) is 0. The number of hydrogen-bond acceptors (Lipinski definition) is 4. The average Bonchev–Trinajstić information content (AvgIpc) is 2.67. The molecule has 1 heterocycles. The lowest BCUT2D eigenvalue weighted by Crippen LogP contribution is -2.32. The quantitative estimate of drug-likeness (QED) is 0.786. The Morgan fingerprint density at radius 2 is 2.22 bits per heavy atom. The Labute approximate surface area is 115 Å². The van der Waals surface area contributed by atoms with Crippen molar-refractivity contribution in [3.05, 3.63) is 21.4 Å². The fraction of sp³-hybridized carbons (Fsp3) is 0.714. The molecule has 0 radical (unpaired) electrons. The Kier molecular flexibility index (Phi) is 6.86. The first kappa shape index (κ1) is 15.6. The van der Waals surface area contributed by atoms with Crippen LogP contribution in [0.5, 0.6) is 0 Å². The number of nitrogens with zero attached hydrogens (tertiary/aromatic N) is 1. The maximum Gasteiger partial charge on any atom is 0.0615 e. The summed E-state index contributed by atoms with van der Waals surface area (Å²) in [5.74, 6) is 0. The van der Waals surface area contributed by atoms with E-state index in [-0.39, 0.29) is 0 Å². The highest BCUT2D eigenvalue weighted by Crippen LogP contribution is 2.23. The summed E-state index contributed by atoms with van der Waals surface area (Å²) in [6.45, 7) is 10.3. The molecule has 0 aliphatic rings. The van der Waals surface area contributed by atoms with Crippen LogP contribution in [0.15, 0.2) is 6.07 Å². The van der Waals surface area contributed by atoms with Gasteiger partial charge in [0.25, 0.3) is 0 Å². The predicted molar refractivity (Wildman–Crippen MR) is 79.2 cm³/mol. The largest absolute Gasteiger partial charge is 0.383 e. The number of likely N-dealkylation sites (N-methyl/N-ethyl adjacent to an activating group) is 1. The number of aryl methyl sites for hydroxylation is 1. The molecule has 1 rings (SSSR count). The van der Waals surface area contributed by atoms with E-state index < -0.39 is 0 Å². The molecule has 18 heavy (non-hydrogen) atoms. The van der Waals surface area contributed by atoms with Crippen LogP contribution in [-0.4, -0.2) is 38.3 Å². The second kappa shape index (κ2) is 7.89. The molecule has 104 valence electrons. The summed E-state index contributed by atoms with van der Waals surface area (Å²) in [5, 5.41) is 3.38. The predicted octanol–water partition coefficient (Wildman–Crippen LogP) is 2.63. The van der Waals surface area contributed by atoms with Gasteiger partial charge in [-0.2, -0.15) is 0 Å². The molecule has 0 fully saturated rings. The van der Waals surface area contributed by atoms with Crippen LogP contribution in [0.4, 0.5) is 0 Å². The number of methoxy groups -OCH3 is 1. The van der Waals surface area contributed by atoms with Gasteiger partial charge >= 0.3 is 0 Å². The molecule has 0 saturated heterocycles. The summed E-state index contributed by atoms with van der Waals surface area (Å²) in [4.78, 5) is 5.20. The highest BCUT2D eigenvalue weighted by Gasteiger charge is 2.12. The van der Waals surface area contributed by atoms with Crippen LogP contribution < -0.4 is 5.32 Å². The fourth-order valence-corrected chi connectivity index (χ4v) is 2.90. The lowest BCUT2D eigenvalue weighted by Gasteiger charge is -2.23. The van der Waals surface area contributed by atoms with Crippen LogP contribution in [-0.2, 0) is 17.8 Å². The van der Waals surface area contributed by atoms with Gasteiger partial charge in [-0.3, -0.25) is 4.90 Å². The van der Waals surface area contributed by atoms with E-state index in [1.54, 1.807) is 7.11 Å². The molecule has 1 aromatic rings. The molecule has 0 aliphatic heterocycles. The molecule has 1 aromatic heterocycles. The molecule has 1 N–H and O–H groups in total. The lowest BCUT2D eigenvalue weighted by atomic mass is 10.2. The molecule has 0 saturated carbocycles. The van der Waals surface area contributed by atoms with Crippen LogP contribution >= 0.6 is 11.3 Å². The van der Waals surface area contributed by atoms with Crippen molar-refractivity contribution < 1.29 is 4.74 Å². The first-order valence-corrected chi connectivity index (χ1v) is 7.38. The lowest BCUT2D eigenvalue weighted by molar-refractivity contribution is 0.112. The summed E-state index contributed by atoms with van der Waals surface area (Å²) < 4.78 is 5.20. The molecule has 3 nitrogen and oxygen atoms in total. The van der Waals surface area contributed by atoms with E-state index in [1.165, 1.54) is 15.3 Å². The van der Waals surface area contributed by atoms with Crippen LogP contribution in [0.1, 0.15) is 29.2 Å². The Bertz CT molecular complexity index is 352. The zero-order chi connectivity index (χ0) is 13.5. The minimum absolute atomic E-state index is 0.450. The van der Waals surface area contributed by atoms with Gasteiger partial charge in [0.05, 0.1) is 6.61 Å². The molecular formula is C14H26N2OS. The van der Waals surface area contributed by atoms with Crippen molar-refractivity contribution in [1.29, 1.82) is 0 Å². The van der Waals surface area contributed by atoms with Gasteiger partial charge in [0.15, 0.2) is 0 Å². The molecule has 1 unspecified atom stereocenters. The van der Waals surface area contributed by atoms with Crippen molar-refractivity contribution in [3.8, 4) is 0 Å². The SMILES string of the molecule is CCNCc1cc(CN(C)C(C)COC)c(C)s1. The first-order chi connectivity index (χ1) is 8.58. The Hall–Kier alpha value is -0.420. The summed E-state index contributed by atoms with van der Waals surface area (Å²) in [7, 11) is 3.92. The van der Waals surface area contributed by atoms with E-state index in [1.807, 2.05) is 11.3 Å². The van der Waals surface area contributed by atoms with Crippen molar-refractivity contribution in [2.24, 2.45) is 0 Å². The van der Waals surface area contributed by atoms with E-state index in [0.717, 1.165) is 26.2 Å².